The Labute approximate surface area is 137 Å². The van der Waals surface area contributed by atoms with Crippen molar-refractivity contribution in [3.63, 3.8) is 0 Å². The van der Waals surface area contributed by atoms with E-state index in [4.69, 9.17) is 40.5 Å². The van der Waals surface area contributed by atoms with Gasteiger partial charge in [0.2, 0.25) is 0 Å². The third kappa shape index (κ3) is 3.53. The van der Waals surface area contributed by atoms with Crippen LogP contribution in [-0.2, 0) is 0 Å². The lowest BCUT2D eigenvalue weighted by Gasteiger charge is -2.13. The summed E-state index contributed by atoms with van der Waals surface area (Å²) in [4.78, 5) is 11.7. The van der Waals surface area contributed by atoms with Gasteiger partial charge in [-0.15, -0.1) is 0 Å². The fourth-order valence-electron chi connectivity index (χ4n) is 1.71. The molecule has 110 valence electrons. The first-order valence-electron chi connectivity index (χ1n) is 5.95. The molecular weight excluding hydrogens is 333 g/mol. The molecule has 1 amide bonds. The fourth-order valence-corrected chi connectivity index (χ4v) is 2.31. The summed E-state index contributed by atoms with van der Waals surface area (Å²) in [5.41, 5.74) is 7.95. The molecule has 0 saturated heterocycles. The average Bonchev–Trinajstić information content (AvgIpc) is 2.46. The smallest absolute Gasteiger partial charge is 0.251 e. The van der Waals surface area contributed by atoms with Gasteiger partial charge in [0.25, 0.3) is 5.91 Å². The van der Waals surface area contributed by atoms with Crippen LogP contribution in [0.4, 0.5) is 17.1 Å². The first-order valence-corrected chi connectivity index (χ1v) is 7.09. The molecule has 0 aromatic heterocycles. The Morgan fingerprint density at radius 2 is 1.67 bits per heavy atom. The number of hydrogen-bond acceptors (Lipinski definition) is 3. The number of anilines is 3. The van der Waals surface area contributed by atoms with Crippen LogP contribution in [0.1, 0.15) is 10.4 Å². The van der Waals surface area contributed by atoms with Crippen LogP contribution < -0.4 is 16.4 Å². The number of benzene rings is 2. The van der Waals surface area contributed by atoms with E-state index in [0.29, 0.717) is 37.7 Å². The monoisotopic (exact) mass is 343 g/mol. The summed E-state index contributed by atoms with van der Waals surface area (Å²) in [6.45, 7) is 0. The maximum Gasteiger partial charge on any atom is 0.251 e. The van der Waals surface area contributed by atoms with Gasteiger partial charge in [0.15, 0.2) is 0 Å². The number of halogens is 3. The molecule has 0 unspecified atom stereocenters. The molecule has 21 heavy (non-hydrogen) atoms. The second kappa shape index (κ2) is 6.43. The molecule has 0 bridgehead atoms. The van der Waals surface area contributed by atoms with Crippen molar-refractivity contribution in [3.05, 3.63) is 51.0 Å². The Hall–Kier alpha value is -1.62. The Morgan fingerprint density at radius 3 is 2.33 bits per heavy atom. The minimum absolute atomic E-state index is 0.210. The summed E-state index contributed by atoms with van der Waals surface area (Å²) in [5.74, 6) is -0.210. The highest BCUT2D eigenvalue weighted by Crippen LogP contribution is 2.35. The van der Waals surface area contributed by atoms with Gasteiger partial charge >= 0.3 is 0 Å². The Balaban J connectivity index is 2.39. The van der Waals surface area contributed by atoms with Crippen LogP contribution >= 0.6 is 34.8 Å². The van der Waals surface area contributed by atoms with E-state index in [9.17, 15) is 4.79 Å². The molecule has 0 aliphatic rings. The number of carbonyl (C=O) groups excluding carboxylic acids is 1. The van der Waals surface area contributed by atoms with Gasteiger partial charge < -0.3 is 16.4 Å². The zero-order chi connectivity index (χ0) is 15.6. The minimum atomic E-state index is -0.210. The van der Waals surface area contributed by atoms with Crippen LogP contribution in [0.2, 0.25) is 15.1 Å². The van der Waals surface area contributed by atoms with Crippen molar-refractivity contribution in [3.8, 4) is 0 Å². The topological polar surface area (TPSA) is 67.2 Å². The predicted octanol–water partition coefficient (Wildman–Crippen LogP) is 4.33. The zero-order valence-electron chi connectivity index (χ0n) is 11.0. The molecule has 4 nitrogen and oxygen atoms in total. The van der Waals surface area contributed by atoms with Gasteiger partial charge in [-0.1, -0.05) is 34.8 Å². The number of nitrogen functional groups attached to an aromatic ring is 1. The van der Waals surface area contributed by atoms with Gasteiger partial charge in [0.05, 0.1) is 32.1 Å². The molecule has 0 radical (unpaired) electrons. The maximum absolute atomic E-state index is 11.7. The summed E-state index contributed by atoms with van der Waals surface area (Å²) in [6, 6.07) is 8.03. The van der Waals surface area contributed by atoms with Gasteiger partial charge in [0.1, 0.15) is 0 Å². The lowest BCUT2D eigenvalue weighted by molar-refractivity contribution is 0.0963. The molecule has 0 heterocycles. The average molecular weight is 345 g/mol. The second-order valence-corrected chi connectivity index (χ2v) is 5.47. The van der Waals surface area contributed by atoms with Crippen LogP contribution in [0.5, 0.6) is 0 Å². The van der Waals surface area contributed by atoms with Crippen molar-refractivity contribution in [2.75, 3.05) is 18.1 Å². The number of rotatable bonds is 3. The van der Waals surface area contributed by atoms with Crippen molar-refractivity contribution in [1.82, 2.24) is 5.32 Å². The van der Waals surface area contributed by atoms with Crippen LogP contribution in [0, 0.1) is 0 Å². The molecule has 2 aromatic carbocycles. The van der Waals surface area contributed by atoms with Gasteiger partial charge in [-0.25, -0.2) is 0 Å². The van der Waals surface area contributed by atoms with E-state index in [-0.39, 0.29) is 5.91 Å². The third-order valence-corrected chi connectivity index (χ3v) is 3.86. The summed E-state index contributed by atoms with van der Waals surface area (Å²) in [7, 11) is 1.56. The number of amides is 1. The van der Waals surface area contributed by atoms with Gasteiger partial charge in [-0.3, -0.25) is 4.79 Å². The molecule has 2 aromatic rings. The molecular formula is C14H12Cl3N3O. The minimum Gasteiger partial charge on any atom is -0.397 e. The highest BCUT2D eigenvalue weighted by Gasteiger charge is 2.10. The van der Waals surface area contributed by atoms with Crippen molar-refractivity contribution in [2.24, 2.45) is 0 Å². The molecule has 0 aliphatic heterocycles. The Morgan fingerprint density at radius 1 is 1.00 bits per heavy atom. The highest BCUT2D eigenvalue weighted by molar-refractivity contribution is 6.44. The summed E-state index contributed by atoms with van der Waals surface area (Å²) >= 11 is 18.0. The van der Waals surface area contributed by atoms with E-state index in [0.717, 1.165) is 0 Å². The molecule has 0 spiro atoms. The lowest BCUT2D eigenvalue weighted by Crippen LogP contribution is -2.18. The normalized spacial score (nSPS) is 10.3. The number of nitrogens with one attached hydrogen (secondary N) is 2. The Kier molecular flexibility index (Phi) is 4.83. The van der Waals surface area contributed by atoms with Crippen LogP contribution in [0.25, 0.3) is 0 Å². The van der Waals surface area contributed by atoms with E-state index in [2.05, 4.69) is 10.6 Å². The number of carbonyl (C=O) groups is 1. The first-order chi connectivity index (χ1) is 9.92. The van der Waals surface area contributed by atoms with Crippen molar-refractivity contribution < 1.29 is 4.79 Å². The second-order valence-electron chi connectivity index (χ2n) is 4.25. The van der Waals surface area contributed by atoms with E-state index in [1.807, 2.05) is 0 Å². The fraction of sp³-hybridized carbons (Fsp3) is 0.0714. The van der Waals surface area contributed by atoms with E-state index < -0.39 is 0 Å². The van der Waals surface area contributed by atoms with Crippen LogP contribution in [0.15, 0.2) is 30.3 Å². The largest absolute Gasteiger partial charge is 0.397 e. The molecule has 0 fully saturated rings. The Bertz CT molecular complexity index is 704. The van der Waals surface area contributed by atoms with Gasteiger partial charge in [-0.05, 0) is 30.3 Å². The SMILES string of the molecule is CNC(=O)c1ccc(N)c(Nc2cc(Cl)c(Cl)cc2Cl)c1. The van der Waals surface area contributed by atoms with Crippen molar-refractivity contribution in [2.45, 2.75) is 0 Å². The quantitative estimate of drug-likeness (QED) is 0.573. The third-order valence-electron chi connectivity index (χ3n) is 2.82. The van der Waals surface area contributed by atoms with E-state index in [1.165, 1.54) is 6.07 Å². The van der Waals surface area contributed by atoms with Crippen molar-refractivity contribution in [1.29, 1.82) is 0 Å². The molecule has 7 heteroatoms. The predicted molar refractivity (Wildman–Crippen MR) is 89.0 cm³/mol. The highest BCUT2D eigenvalue weighted by atomic mass is 35.5. The summed E-state index contributed by atoms with van der Waals surface area (Å²) in [6.07, 6.45) is 0. The van der Waals surface area contributed by atoms with E-state index in [1.54, 1.807) is 31.3 Å². The molecule has 2 rings (SSSR count). The standard InChI is InChI=1S/C14H12Cl3N3O/c1-19-14(21)7-2-3-11(18)13(4-7)20-12-6-9(16)8(15)5-10(12)17/h2-6,20H,18H2,1H3,(H,19,21). The summed E-state index contributed by atoms with van der Waals surface area (Å²) < 4.78 is 0. The first kappa shape index (κ1) is 15.8. The number of nitrogens with two attached hydrogens (primary N) is 1. The summed E-state index contributed by atoms with van der Waals surface area (Å²) in [5, 5.41) is 6.72. The van der Waals surface area contributed by atoms with Crippen LogP contribution in [-0.4, -0.2) is 13.0 Å². The number of hydrogen-bond donors (Lipinski definition) is 3. The molecule has 0 aliphatic carbocycles. The van der Waals surface area contributed by atoms with Crippen LogP contribution in [0.3, 0.4) is 0 Å². The van der Waals surface area contributed by atoms with Gasteiger partial charge in [0, 0.05) is 12.6 Å². The van der Waals surface area contributed by atoms with Gasteiger partial charge in [-0.2, -0.15) is 0 Å². The van der Waals surface area contributed by atoms with Crippen molar-refractivity contribution >= 4 is 57.8 Å². The van der Waals surface area contributed by atoms with E-state index >= 15 is 0 Å². The molecule has 4 N–H and O–H groups in total. The molecule has 0 atom stereocenters. The zero-order valence-corrected chi connectivity index (χ0v) is 13.3. The molecule has 0 saturated carbocycles. The maximum atomic E-state index is 11.7. The lowest BCUT2D eigenvalue weighted by atomic mass is 10.1.